The smallest absolute Gasteiger partial charge is 0.251 e. The molecule has 2 aliphatic heterocycles. The summed E-state index contributed by atoms with van der Waals surface area (Å²) in [4.78, 5) is 41.1. The molecular weight excluding hydrogens is 636 g/mol. The number of anilines is 3. The summed E-state index contributed by atoms with van der Waals surface area (Å²) in [6.07, 6.45) is 7.31. The quantitative estimate of drug-likeness (QED) is 0.197. The first-order chi connectivity index (χ1) is 23.7. The molecule has 2 N–H and O–H groups in total. The third kappa shape index (κ3) is 5.45. The molecule has 2 amide bonds. The summed E-state index contributed by atoms with van der Waals surface area (Å²) in [6, 6.07) is 9.34. The molecule has 1 saturated heterocycles. The number of carbonyl (C=O) groups is 2. The summed E-state index contributed by atoms with van der Waals surface area (Å²) >= 11 is 0. The number of amides is 2. The number of hydrogen-bond acceptors (Lipinski definition) is 6. The lowest BCUT2D eigenvalue weighted by Gasteiger charge is -2.55. The minimum Gasteiger partial charge on any atom is -0.352 e. The van der Waals surface area contributed by atoms with Gasteiger partial charge >= 0.3 is 0 Å². The number of benzene rings is 2. The fraction of sp³-hybridized carbons (Fsp3) is 0.487. The number of fused-ring (bicyclic) bond motifs is 2. The fourth-order valence-electron chi connectivity index (χ4n) is 8.25. The van der Waals surface area contributed by atoms with E-state index >= 15 is 8.78 Å². The highest BCUT2D eigenvalue weighted by molar-refractivity contribution is 6.09. The normalized spacial score (nSPS) is 21.8. The zero-order valence-electron chi connectivity index (χ0n) is 30.1. The second-order valence-electron chi connectivity index (χ2n) is 15.3. The van der Waals surface area contributed by atoms with Gasteiger partial charge in [0.1, 0.15) is 5.52 Å². The van der Waals surface area contributed by atoms with Crippen molar-refractivity contribution in [2.24, 2.45) is 0 Å². The highest BCUT2D eigenvalue weighted by Gasteiger charge is 2.54. The van der Waals surface area contributed by atoms with Crippen LogP contribution in [0.1, 0.15) is 101 Å². The Balaban J connectivity index is 1.29. The zero-order valence-corrected chi connectivity index (χ0v) is 30.1. The highest BCUT2D eigenvalue weighted by Crippen LogP contribution is 2.50. The van der Waals surface area contributed by atoms with Crippen molar-refractivity contribution in [3.05, 3.63) is 65.0 Å². The van der Waals surface area contributed by atoms with Crippen molar-refractivity contribution >= 4 is 40.0 Å². The predicted molar refractivity (Wildman–Crippen MR) is 193 cm³/mol. The van der Waals surface area contributed by atoms with E-state index in [1.165, 1.54) is 32.3 Å². The Labute approximate surface area is 292 Å². The molecule has 4 heterocycles. The SMILES string of the molecule is CCNC(=O)c1cc(Nc2nc(-c3ccc4c(c3)N(C3CC(C)(N5CCCCC5)C3)C(=O)C4(C)C)cc3ncn(C(C)C)c23)c(F)c(F)c1C. The Bertz CT molecular complexity index is 2010. The highest BCUT2D eigenvalue weighted by atomic mass is 19.2. The van der Waals surface area contributed by atoms with Crippen LogP contribution in [0.3, 0.4) is 0 Å². The topological polar surface area (TPSA) is 95.4 Å². The van der Waals surface area contributed by atoms with Crippen LogP contribution in [0.15, 0.2) is 36.7 Å². The number of piperidine rings is 1. The Morgan fingerprint density at radius 2 is 1.76 bits per heavy atom. The monoisotopic (exact) mass is 683 g/mol. The molecule has 50 heavy (non-hydrogen) atoms. The molecule has 11 heteroatoms. The molecule has 0 unspecified atom stereocenters. The van der Waals surface area contributed by atoms with E-state index in [4.69, 9.17) is 4.98 Å². The molecule has 3 aliphatic rings. The lowest BCUT2D eigenvalue weighted by Crippen LogP contribution is -2.64. The standard InChI is InChI=1S/C39H47F2N7O2/c1-8-42-36(49)26-17-29(33(41)32(40)23(26)4)45-35-34-30(43-21-47(34)22(2)3)18-28(44-35)24-12-13-27-31(16-24)48(37(50)38(27,5)6)25-19-39(7,20-25)46-14-10-9-11-15-46/h12-13,16-18,21-22,25H,8-11,14-15,19-20H2,1-7H3,(H,42,49)(H,44,45). The summed E-state index contributed by atoms with van der Waals surface area (Å²) in [5.74, 6) is -2.31. The lowest BCUT2D eigenvalue weighted by atomic mass is 9.71. The van der Waals surface area contributed by atoms with Crippen LogP contribution in [0.2, 0.25) is 0 Å². The molecule has 1 saturated carbocycles. The summed E-state index contributed by atoms with van der Waals surface area (Å²) in [5.41, 5.74) is 3.66. The first-order valence-corrected chi connectivity index (χ1v) is 17.9. The zero-order chi connectivity index (χ0) is 35.7. The minimum atomic E-state index is -1.10. The Morgan fingerprint density at radius 1 is 1.04 bits per heavy atom. The predicted octanol–water partition coefficient (Wildman–Crippen LogP) is 7.79. The van der Waals surface area contributed by atoms with Crippen LogP contribution >= 0.6 is 0 Å². The van der Waals surface area contributed by atoms with Gasteiger partial charge in [-0.05, 0) is 111 Å². The number of pyridine rings is 1. The number of nitrogens with one attached hydrogen (secondary N) is 2. The Morgan fingerprint density at radius 3 is 2.44 bits per heavy atom. The van der Waals surface area contributed by atoms with E-state index in [0.29, 0.717) is 23.3 Å². The van der Waals surface area contributed by atoms with Gasteiger partial charge in [0.2, 0.25) is 5.91 Å². The van der Waals surface area contributed by atoms with E-state index in [0.717, 1.165) is 42.7 Å². The molecule has 4 aromatic rings. The average Bonchev–Trinajstić information content (AvgIpc) is 3.60. The van der Waals surface area contributed by atoms with Crippen LogP contribution in [-0.4, -0.2) is 62.5 Å². The van der Waals surface area contributed by atoms with Crippen molar-refractivity contribution in [3.63, 3.8) is 0 Å². The maximum atomic E-state index is 15.5. The maximum Gasteiger partial charge on any atom is 0.251 e. The van der Waals surface area contributed by atoms with E-state index in [9.17, 15) is 9.59 Å². The first-order valence-electron chi connectivity index (χ1n) is 17.9. The van der Waals surface area contributed by atoms with Crippen molar-refractivity contribution in [3.8, 4) is 11.3 Å². The third-order valence-corrected chi connectivity index (χ3v) is 11.2. The van der Waals surface area contributed by atoms with Gasteiger partial charge in [-0.25, -0.2) is 18.7 Å². The summed E-state index contributed by atoms with van der Waals surface area (Å²) < 4.78 is 32.6. The van der Waals surface area contributed by atoms with E-state index in [1.807, 2.05) is 61.4 Å². The molecule has 1 aliphatic carbocycles. The lowest BCUT2D eigenvalue weighted by molar-refractivity contribution is -0.123. The number of halogens is 2. The molecule has 0 radical (unpaired) electrons. The van der Waals surface area contributed by atoms with Crippen LogP contribution in [0, 0.1) is 18.6 Å². The van der Waals surface area contributed by atoms with Crippen LogP contribution < -0.4 is 15.5 Å². The number of carbonyl (C=O) groups excluding carboxylic acids is 2. The van der Waals surface area contributed by atoms with Gasteiger partial charge in [0.15, 0.2) is 17.5 Å². The second-order valence-corrected chi connectivity index (χ2v) is 15.3. The molecule has 9 nitrogen and oxygen atoms in total. The number of likely N-dealkylation sites (tertiary alicyclic amines) is 1. The molecule has 0 spiro atoms. The van der Waals surface area contributed by atoms with Gasteiger partial charge in [0.05, 0.1) is 28.6 Å². The number of hydrogen-bond donors (Lipinski definition) is 2. The summed E-state index contributed by atoms with van der Waals surface area (Å²) in [5, 5.41) is 5.71. The number of nitrogens with zero attached hydrogens (tertiary/aromatic N) is 5. The Kier molecular flexibility index (Phi) is 8.48. The van der Waals surface area contributed by atoms with E-state index in [2.05, 4.69) is 27.4 Å². The van der Waals surface area contributed by atoms with E-state index in [1.54, 1.807) is 13.3 Å². The average molecular weight is 684 g/mol. The summed E-state index contributed by atoms with van der Waals surface area (Å²) in [6.45, 7) is 16.1. The number of aromatic nitrogens is 3. The number of rotatable bonds is 8. The number of imidazole rings is 1. The van der Waals surface area contributed by atoms with Crippen molar-refractivity contribution < 1.29 is 18.4 Å². The van der Waals surface area contributed by atoms with Crippen LogP contribution in [-0.2, 0) is 10.2 Å². The van der Waals surface area contributed by atoms with Gasteiger partial charge in [-0.15, -0.1) is 0 Å². The molecule has 0 bridgehead atoms. The third-order valence-electron chi connectivity index (χ3n) is 11.2. The minimum absolute atomic E-state index is 0.00131. The van der Waals surface area contributed by atoms with Crippen LogP contribution in [0.4, 0.5) is 26.0 Å². The van der Waals surface area contributed by atoms with E-state index in [-0.39, 0.29) is 46.2 Å². The molecule has 0 atom stereocenters. The van der Waals surface area contributed by atoms with Gasteiger partial charge in [-0.1, -0.05) is 18.6 Å². The fourth-order valence-corrected chi connectivity index (χ4v) is 8.25. The molecule has 264 valence electrons. The van der Waals surface area contributed by atoms with E-state index < -0.39 is 23.0 Å². The molecule has 2 aromatic heterocycles. The van der Waals surface area contributed by atoms with Gasteiger partial charge < -0.3 is 20.1 Å². The molecule has 2 aromatic carbocycles. The van der Waals surface area contributed by atoms with Crippen molar-refractivity contribution in [1.29, 1.82) is 0 Å². The first kappa shape index (κ1) is 34.1. The van der Waals surface area contributed by atoms with Gasteiger partial charge in [-0.3, -0.25) is 14.5 Å². The van der Waals surface area contributed by atoms with Crippen LogP contribution in [0.25, 0.3) is 22.3 Å². The van der Waals surface area contributed by atoms with Crippen LogP contribution in [0.5, 0.6) is 0 Å². The van der Waals surface area contributed by atoms with Gasteiger partial charge in [-0.2, -0.15) is 0 Å². The second kappa shape index (κ2) is 12.4. The summed E-state index contributed by atoms with van der Waals surface area (Å²) in [7, 11) is 0. The van der Waals surface area contributed by atoms with Crippen molar-refractivity contribution in [2.75, 3.05) is 29.9 Å². The molecular formula is C39H47F2N7O2. The van der Waals surface area contributed by atoms with Crippen molar-refractivity contribution in [1.82, 2.24) is 24.8 Å². The largest absolute Gasteiger partial charge is 0.352 e. The molecule has 7 rings (SSSR count). The van der Waals surface area contributed by atoms with Gasteiger partial charge in [0.25, 0.3) is 5.91 Å². The Hall–Kier alpha value is -4.38. The maximum absolute atomic E-state index is 15.5. The molecule has 2 fully saturated rings. The van der Waals surface area contributed by atoms with Gasteiger partial charge in [0, 0.05) is 46.5 Å². The van der Waals surface area contributed by atoms with Crippen molar-refractivity contribution in [2.45, 2.75) is 104 Å².